The Kier molecular flexibility index (Phi) is 3.56. The second kappa shape index (κ2) is 4.70. The summed E-state index contributed by atoms with van der Waals surface area (Å²) in [6.45, 7) is 8.44. The molecule has 5 nitrogen and oxygen atoms in total. The fourth-order valence-corrected chi connectivity index (χ4v) is 2.73. The van der Waals surface area contributed by atoms with Crippen LogP contribution in [0.5, 0.6) is 0 Å². The lowest BCUT2D eigenvalue weighted by Crippen LogP contribution is -2.51. The van der Waals surface area contributed by atoms with Crippen LogP contribution in [-0.2, 0) is 9.47 Å². The van der Waals surface area contributed by atoms with Crippen molar-refractivity contribution in [3.8, 4) is 0 Å². The van der Waals surface area contributed by atoms with Crippen molar-refractivity contribution in [1.29, 1.82) is 0 Å². The predicted molar refractivity (Wildman–Crippen MR) is 68.3 cm³/mol. The van der Waals surface area contributed by atoms with Gasteiger partial charge in [0.05, 0.1) is 6.61 Å². The van der Waals surface area contributed by atoms with Gasteiger partial charge in [-0.15, -0.1) is 0 Å². The molecule has 2 saturated heterocycles. The number of likely N-dealkylation sites (tertiary alicyclic amines) is 1. The number of ether oxygens (including phenoxy) is 2. The molecule has 0 aromatic rings. The number of nitrogens with two attached hydrogens (primary N) is 1. The topological polar surface area (TPSA) is 64.8 Å². The standard InChI is InChI=1S/C13H24N2O3/c1-12(2,3)18-11(16)15-6-4-13(9-15)5-7-17-8-10(13)14/h10H,4-9,14H2,1-3H3. The van der Waals surface area contributed by atoms with E-state index in [1.807, 2.05) is 20.8 Å². The molecule has 2 N–H and O–H groups in total. The van der Waals surface area contributed by atoms with Gasteiger partial charge in [0.25, 0.3) is 0 Å². The van der Waals surface area contributed by atoms with Crippen LogP contribution in [0.3, 0.4) is 0 Å². The molecule has 0 saturated carbocycles. The molecule has 5 heteroatoms. The molecule has 2 atom stereocenters. The third-order valence-electron chi connectivity index (χ3n) is 3.87. The Bertz CT molecular complexity index is 327. The largest absolute Gasteiger partial charge is 0.444 e. The van der Waals surface area contributed by atoms with Gasteiger partial charge in [0.1, 0.15) is 5.60 Å². The van der Waals surface area contributed by atoms with Crippen molar-refractivity contribution in [2.75, 3.05) is 26.3 Å². The average molecular weight is 256 g/mol. The van der Waals surface area contributed by atoms with Gasteiger partial charge < -0.3 is 20.1 Å². The SMILES string of the molecule is CC(C)(C)OC(=O)N1CCC2(CCOCC2N)C1. The maximum atomic E-state index is 12.0. The Labute approximate surface area is 109 Å². The Hall–Kier alpha value is -0.810. The van der Waals surface area contributed by atoms with Crippen LogP contribution in [0.2, 0.25) is 0 Å². The van der Waals surface area contributed by atoms with E-state index in [0.29, 0.717) is 13.2 Å². The summed E-state index contributed by atoms with van der Waals surface area (Å²) in [6.07, 6.45) is 1.67. The molecule has 1 amide bonds. The van der Waals surface area contributed by atoms with Gasteiger partial charge >= 0.3 is 6.09 Å². The van der Waals surface area contributed by atoms with Gasteiger partial charge in [-0.3, -0.25) is 0 Å². The summed E-state index contributed by atoms with van der Waals surface area (Å²) in [5, 5.41) is 0. The van der Waals surface area contributed by atoms with Crippen LogP contribution in [0.1, 0.15) is 33.6 Å². The highest BCUT2D eigenvalue weighted by Gasteiger charge is 2.46. The summed E-state index contributed by atoms with van der Waals surface area (Å²) < 4.78 is 10.8. The second-order valence-electron chi connectivity index (χ2n) is 6.45. The van der Waals surface area contributed by atoms with Crippen molar-refractivity contribution in [2.24, 2.45) is 11.1 Å². The molecule has 104 valence electrons. The Balaban J connectivity index is 1.97. The highest BCUT2D eigenvalue weighted by atomic mass is 16.6. The van der Waals surface area contributed by atoms with Gasteiger partial charge in [-0.25, -0.2) is 4.79 Å². The van der Waals surface area contributed by atoms with Crippen molar-refractivity contribution in [3.05, 3.63) is 0 Å². The zero-order valence-electron chi connectivity index (χ0n) is 11.6. The highest BCUT2D eigenvalue weighted by Crippen LogP contribution is 2.39. The van der Waals surface area contributed by atoms with E-state index in [1.54, 1.807) is 4.90 Å². The van der Waals surface area contributed by atoms with Crippen LogP contribution >= 0.6 is 0 Å². The smallest absolute Gasteiger partial charge is 0.410 e. The molecular formula is C13H24N2O3. The van der Waals surface area contributed by atoms with E-state index >= 15 is 0 Å². The number of amides is 1. The minimum atomic E-state index is -0.440. The van der Waals surface area contributed by atoms with Crippen molar-refractivity contribution in [3.63, 3.8) is 0 Å². The average Bonchev–Trinajstić information content (AvgIpc) is 2.66. The first kappa shape index (κ1) is 13.6. The van der Waals surface area contributed by atoms with E-state index in [2.05, 4.69) is 0 Å². The van der Waals surface area contributed by atoms with Crippen LogP contribution in [-0.4, -0.2) is 48.9 Å². The Morgan fingerprint density at radius 3 is 2.78 bits per heavy atom. The summed E-state index contributed by atoms with van der Waals surface area (Å²) in [5.41, 5.74) is 5.76. The van der Waals surface area contributed by atoms with Crippen molar-refractivity contribution in [2.45, 2.75) is 45.3 Å². The van der Waals surface area contributed by atoms with Gasteiger partial charge in [0.2, 0.25) is 0 Å². The lowest BCUT2D eigenvalue weighted by Gasteiger charge is -2.38. The molecule has 2 rings (SSSR count). The molecule has 0 aromatic heterocycles. The van der Waals surface area contributed by atoms with Gasteiger partial charge in [-0.1, -0.05) is 0 Å². The Morgan fingerprint density at radius 2 is 2.17 bits per heavy atom. The molecule has 2 aliphatic rings. The molecule has 2 heterocycles. The highest BCUT2D eigenvalue weighted by molar-refractivity contribution is 5.68. The molecule has 0 bridgehead atoms. The third kappa shape index (κ3) is 2.78. The molecule has 0 aliphatic carbocycles. The fraction of sp³-hybridized carbons (Fsp3) is 0.923. The molecule has 18 heavy (non-hydrogen) atoms. The molecule has 2 fully saturated rings. The quantitative estimate of drug-likeness (QED) is 0.711. The first-order chi connectivity index (χ1) is 8.32. The van der Waals surface area contributed by atoms with Gasteiger partial charge in [0, 0.05) is 31.2 Å². The minimum Gasteiger partial charge on any atom is -0.444 e. The number of hydrogen-bond donors (Lipinski definition) is 1. The molecule has 0 radical (unpaired) electrons. The van der Waals surface area contributed by atoms with Gasteiger partial charge in [0.15, 0.2) is 0 Å². The zero-order valence-corrected chi connectivity index (χ0v) is 11.6. The molecule has 2 unspecified atom stereocenters. The summed E-state index contributed by atoms with van der Waals surface area (Å²) in [7, 11) is 0. The predicted octanol–water partition coefficient (Wildman–Crippen LogP) is 1.36. The van der Waals surface area contributed by atoms with Crippen LogP contribution in [0.4, 0.5) is 4.79 Å². The van der Waals surface area contributed by atoms with E-state index in [1.165, 1.54) is 0 Å². The van der Waals surface area contributed by atoms with Crippen LogP contribution < -0.4 is 5.73 Å². The molecular weight excluding hydrogens is 232 g/mol. The normalized spacial score (nSPS) is 32.9. The van der Waals surface area contributed by atoms with E-state index in [-0.39, 0.29) is 17.6 Å². The molecule has 0 aromatic carbocycles. The van der Waals surface area contributed by atoms with E-state index in [0.717, 1.165) is 26.0 Å². The van der Waals surface area contributed by atoms with Crippen molar-refractivity contribution < 1.29 is 14.3 Å². The third-order valence-corrected chi connectivity index (χ3v) is 3.87. The number of nitrogens with zero attached hydrogens (tertiary/aromatic N) is 1. The zero-order chi connectivity index (χ0) is 13.4. The second-order valence-corrected chi connectivity index (χ2v) is 6.45. The monoisotopic (exact) mass is 256 g/mol. The summed E-state index contributed by atoms with van der Waals surface area (Å²) in [5.74, 6) is 0. The van der Waals surface area contributed by atoms with Crippen molar-refractivity contribution in [1.82, 2.24) is 4.90 Å². The maximum Gasteiger partial charge on any atom is 0.410 e. The Morgan fingerprint density at radius 1 is 1.44 bits per heavy atom. The van der Waals surface area contributed by atoms with Crippen LogP contribution in [0.25, 0.3) is 0 Å². The van der Waals surface area contributed by atoms with E-state index in [4.69, 9.17) is 15.2 Å². The molecule has 2 aliphatic heterocycles. The number of rotatable bonds is 0. The lowest BCUT2D eigenvalue weighted by atomic mass is 9.76. The van der Waals surface area contributed by atoms with Gasteiger partial charge in [-0.2, -0.15) is 0 Å². The first-order valence-corrected chi connectivity index (χ1v) is 6.64. The first-order valence-electron chi connectivity index (χ1n) is 6.64. The molecule has 1 spiro atoms. The maximum absolute atomic E-state index is 12.0. The van der Waals surface area contributed by atoms with E-state index in [9.17, 15) is 4.79 Å². The van der Waals surface area contributed by atoms with Gasteiger partial charge in [-0.05, 0) is 33.6 Å². The number of hydrogen-bond acceptors (Lipinski definition) is 4. The van der Waals surface area contributed by atoms with E-state index < -0.39 is 5.60 Å². The minimum absolute atomic E-state index is 0.0266. The number of carbonyl (C=O) groups excluding carboxylic acids is 1. The van der Waals surface area contributed by atoms with Crippen LogP contribution in [0.15, 0.2) is 0 Å². The van der Waals surface area contributed by atoms with Crippen LogP contribution in [0, 0.1) is 5.41 Å². The number of carbonyl (C=O) groups is 1. The van der Waals surface area contributed by atoms with Crippen molar-refractivity contribution >= 4 is 6.09 Å². The summed E-state index contributed by atoms with van der Waals surface area (Å²) in [4.78, 5) is 13.8. The summed E-state index contributed by atoms with van der Waals surface area (Å²) >= 11 is 0. The fourth-order valence-electron chi connectivity index (χ4n) is 2.73. The lowest BCUT2D eigenvalue weighted by molar-refractivity contribution is -0.00560. The summed E-state index contributed by atoms with van der Waals surface area (Å²) in [6, 6.07) is 0.0266.